The molecule has 1 saturated heterocycles. The van der Waals surface area contributed by atoms with Crippen LogP contribution in [0.5, 0.6) is 0 Å². The van der Waals surface area contributed by atoms with Gasteiger partial charge in [0.25, 0.3) is 5.91 Å². The van der Waals surface area contributed by atoms with E-state index in [2.05, 4.69) is 14.9 Å². The standard InChI is InChI=1S/C19H19F3N4O/c20-19(21,22)15-3-1-2-14(12-15)18(27)26-10-8-25(9-11-26)16-6-7-23-17(24-16)13-4-5-13/h1-3,6-7,12-13H,4-5,8-11H2. The molecule has 0 spiro atoms. The van der Waals surface area contributed by atoms with Crippen LogP contribution < -0.4 is 4.90 Å². The number of benzene rings is 1. The Labute approximate surface area is 154 Å². The Morgan fingerprint density at radius 1 is 1.07 bits per heavy atom. The van der Waals surface area contributed by atoms with Gasteiger partial charge in [-0.2, -0.15) is 13.2 Å². The minimum atomic E-state index is -4.46. The Hall–Kier alpha value is -2.64. The van der Waals surface area contributed by atoms with Gasteiger partial charge in [-0.05, 0) is 37.1 Å². The number of hydrogen-bond acceptors (Lipinski definition) is 4. The second-order valence-corrected chi connectivity index (χ2v) is 6.91. The summed E-state index contributed by atoms with van der Waals surface area (Å²) in [4.78, 5) is 25.2. The molecule has 142 valence electrons. The molecule has 0 bridgehead atoms. The summed E-state index contributed by atoms with van der Waals surface area (Å²) >= 11 is 0. The highest BCUT2D eigenvalue weighted by Gasteiger charge is 2.32. The van der Waals surface area contributed by atoms with Gasteiger partial charge in [0.2, 0.25) is 0 Å². The number of halogens is 3. The first kappa shape index (κ1) is 17.8. The molecule has 8 heteroatoms. The fourth-order valence-corrected chi connectivity index (χ4v) is 3.23. The van der Waals surface area contributed by atoms with Crippen molar-refractivity contribution in [3.8, 4) is 0 Å². The Bertz CT molecular complexity index is 843. The summed E-state index contributed by atoms with van der Waals surface area (Å²) in [7, 11) is 0. The van der Waals surface area contributed by atoms with E-state index in [1.54, 1.807) is 11.1 Å². The molecule has 4 rings (SSSR count). The van der Waals surface area contributed by atoms with Crippen molar-refractivity contribution in [3.63, 3.8) is 0 Å². The second kappa shape index (κ2) is 6.83. The van der Waals surface area contributed by atoms with E-state index in [0.717, 1.165) is 36.6 Å². The average molecular weight is 376 g/mol. The van der Waals surface area contributed by atoms with Crippen LogP contribution in [0.25, 0.3) is 0 Å². The van der Waals surface area contributed by atoms with Gasteiger partial charge in [0.1, 0.15) is 11.6 Å². The van der Waals surface area contributed by atoms with Gasteiger partial charge in [-0.15, -0.1) is 0 Å². The van der Waals surface area contributed by atoms with Crippen LogP contribution in [-0.2, 0) is 6.18 Å². The number of carbonyl (C=O) groups excluding carboxylic acids is 1. The highest BCUT2D eigenvalue weighted by atomic mass is 19.4. The van der Waals surface area contributed by atoms with Crippen LogP contribution >= 0.6 is 0 Å². The van der Waals surface area contributed by atoms with E-state index in [9.17, 15) is 18.0 Å². The van der Waals surface area contributed by atoms with E-state index in [1.807, 2.05) is 6.07 Å². The molecule has 1 amide bonds. The summed E-state index contributed by atoms with van der Waals surface area (Å²) in [6, 6.07) is 6.45. The Morgan fingerprint density at radius 3 is 2.48 bits per heavy atom. The van der Waals surface area contributed by atoms with Crippen molar-refractivity contribution >= 4 is 11.7 Å². The van der Waals surface area contributed by atoms with E-state index in [0.29, 0.717) is 32.1 Å². The molecule has 5 nitrogen and oxygen atoms in total. The average Bonchev–Trinajstić information content (AvgIpc) is 3.52. The van der Waals surface area contributed by atoms with Crippen LogP contribution in [0.15, 0.2) is 36.5 Å². The highest BCUT2D eigenvalue weighted by Crippen LogP contribution is 2.38. The first-order valence-electron chi connectivity index (χ1n) is 8.96. The number of aromatic nitrogens is 2. The lowest BCUT2D eigenvalue weighted by atomic mass is 10.1. The molecule has 1 aliphatic heterocycles. The van der Waals surface area contributed by atoms with Gasteiger partial charge in [0.05, 0.1) is 5.56 Å². The van der Waals surface area contributed by atoms with Crippen LogP contribution in [0, 0.1) is 0 Å². The molecule has 0 radical (unpaired) electrons. The van der Waals surface area contributed by atoms with E-state index in [4.69, 9.17) is 0 Å². The van der Waals surface area contributed by atoms with Crippen molar-refractivity contribution < 1.29 is 18.0 Å². The third kappa shape index (κ3) is 3.89. The lowest BCUT2D eigenvalue weighted by molar-refractivity contribution is -0.137. The monoisotopic (exact) mass is 376 g/mol. The molecule has 27 heavy (non-hydrogen) atoms. The topological polar surface area (TPSA) is 49.3 Å². The Balaban J connectivity index is 1.42. The van der Waals surface area contributed by atoms with Gasteiger partial charge in [-0.3, -0.25) is 4.79 Å². The zero-order valence-corrected chi connectivity index (χ0v) is 14.6. The number of carbonyl (C=O) groups is 1. The predicted octanol–water partition coefficient (Wildman–Crippen LogP) is 3.34. The number of rotatable bonds is 3. The second-order valence-electron chi connectivity index (χ2n) is 6.91. The first-order valence-corrected chi connectivity index (χ1v) is 8.96. The van der Waals surface area contributed by atoms with Crippen molar-refractivity contribution in [1.82, 2.24) is 14.9 Å². The van der Waals surface area contributed by atoms with Crippen molar-refractivity contribution in [2.45, 2.75) is 24.9 Å². The zero-order valence-electron chi connectivity index (χ0n) is 14.6. The summed E-state index contributed by atoms with van der Waals surface area (Å²) in [5, 5.41) is 0. The van der Waals surface area contributed by atoms with Crippen LogP contribution in [-0.4, -0.2) is 47.0 Å². The van der Waals surface area contributed by atoms with Crippen LogP contribution in [0.4, 0.5) is 19.0 Å². The van der Waals surface area contributed by atoms with Crippen LogP contribution in [0.3, 0.4) is 0 Å². The molecular formula is C19H19F3N4O. The summed E-state index contributed by atoms with van der Waals surface area (Å²) in [6.07, 6.45) is -0.442. The summed E-state index contributed by atoms with van der Waals surface area (Å²) in [5.41, 5.74) is -0.739. The Kier molecular flexibility index (Phi) is 4.49. The lowest BCUT2D eigenvalue weighted by Gasteiger charge is -2.35. The van der Waals surface area contributed by atoms with Crippen molar-refractivity contribution in [3.05, 3.63) is 53.5 Å². The molecule has 2 aromatic rings. The van der Waals surface area contributed by atoms with Gasteiger partial charge in [-0.25, -0.2) is 9.97 Å². The third-order valence-electron chi connectivity index (χ3n) is 4.93. The zero-order chi connectivity index (χ0) is 19.0. The maximum Gasteiger partial charge on any atom is 0.416 e. The summed E-state index contributed by atoms with van der Waals surface area (Å²) < 4.78 is 38.6. The predicted molar refractivity (Wildman–Crippen MR) is 93.6 cm³/mol. The minimum absolute atomic E-state index is 0.0660. The smallest absolute Gasteiger partial charge is 0.353 e. The van der Waals surface area contributed by atoms with Crippen LogP contribution in [0.2, 0.25) is 0 Å². The molecular weight excluding hydrogens is 357 g/mol. The van der Waals surface area contributed by atoms with Crippen molar-refractivity contribution in [2.75, 3.05) is 31.1 Å². The molecule has 0 N–H and O–H groups in total. The number of alkyl halides is 3. The fraction of sp³-hybridized carbons (Fsp3) is 0.421. The molecule has 1 aromatic carbocycles. The maximum absolute atomic E-state index is 12.9. The molecule has 1 saturated carbocycles. The molecule has 1 aliphatic carbocycles. The van der Waals surface area contributed by atoms with Gasteiger partial charge < -0.3 is 9.80 Å². The van der Waals surface area contributed by atoms with Crippen LogP contribution in [0.1, 0.15) is 40.5 Å². The van der Waals surface area contributed by atoms with Gasteiger partial charge in [0.15, 0.2) is 0 Å². The quantitative estimate of drug-likeness (QED) is 0.825. The summed E-state index contributed by atoms with van der Waals surface area (Å²) in [5.74, 6) is 1.81. The first-order chi connectivity index (χ1) is 12.9. The number of nitrogens with zero attached hydrogens (tertiary/aromatic N) is 4. The SMILES string of the molecule is O=C(c1cccc(C(F)(F)F)c1)N1CCN(c2ccnc(C3CC3)n2)CC1. The number of anilines is 1. The van der Waals surface area contributed by atoms with Crippen molar-refractivity contribution in [2.24, 2.45) is 0 Å². The lowest BCUT2D eigenvalue weighted by Crippen LogP contribution is -2.49. The van der Waals surface area contributed by atoms with Gasteiger partial charge in [0, 0.05) is 43.9 Å². The van der Waals surface area contributed by atoms with Gasteiger partial charge >= 0.3 is 6.18 Å². The van der Waals surface area contributed by atoms with Crippen molar-refractivity contribution in [1.29, 1.82) is 0 Å². The van der Waals surface area contributed by atoms with E-state index in [1.165, 1.54) is 12.1 Å². The summed E-state index contributed by atoms with van der Waals surface area (Å²) in [6.45, 7) is 2.06. The highest BCUT2D eigenvalue weighted by molar-refractivity contribution is 5.94. The number of hydrogen-bond donors (Lipinski definition) is 0. The molecule has 2 aliphatic rings. The maximum atomic E-state index is 12.9. The van der Waals surface area contributed by atoms with Gasteiger partial charge in [-0.1, -0.05) is 6.07 Å². The Morgan fingerprint density at radius 2 is 1.81 bits per heavy atom. The van der Waals surface area contributed by atoms with E-state index in [-0.39, 0.29) is 11.5 Å². The fourth-order valence-electron chi connectivity index (χ4n) is 3.23. The largest absolute Gasteiger partial charge is 0.416 e. The molecule has 2 fully saturated rings. The number of piperazine rings is 1. The molecule has 1 aromatic heterocycles. The van der Waals surface area contributed by atoms with E-state index >= 15 is 0 Å². The minimum Gasteiger partial charge on any atom is -0.353 e. The third-order valence-corrected chi connectivity index (χ3v) is 4.93. The number of amides is 1. The molecule has 2 heterocycles. The normalized spacial score (nSPS) is 17.9. The van der Waals surface area contributed by atoms with E-state index < -0.39 is 11.7 Å². The molecule has 0 unspecified atom stereocenters. The molecule has 0 atom stereocenters.